The molecule has 0 aromatic heterocycles. The van der Waals surface area contributed by atoms with Gasteiger partial charge in [0.2, 0.25) is 0 Å². The standard InChI is InChI=1S/C12H26O5S2Si/c1-5-14-20(15-6-2,16-7-3)17-11(13)9-8-10-12(4,18)19/h18-19H,5-10H2,1-4H3. The summed E-state index contributed by atoms with van der Waals surface area (Å²) in [4.78, 5) is 11.9. The first-order valence-corrected chi connectivity index (χ1v) is 9.39. The van der Waals surface area contributed by atoms with E-state index in [9.17, 15) is 4.79 Å². The number of hydrogen-bond acceptors (Lipinski definition) is 7. The molecule has 20 heavy (non-hydrogen) atoms. The lowest BCUT2D eigenvalue weighted by Gasteiger charge is -2.26. The summed E-state index contributed by atoms with van der Waals surface area (Å²) in [5.41, 5.74) is 0. The average molecular weight is 343 g/mol. The van der Waals surface area contributed by atoms with Crippen molar-refractivity contribution in [3.8, 4) is 0 Å². The molecule has 0 unspecified atom stereocenters. The Morgan fingerprint density at radius 1 is 1.05 bits per heavy atom. The van der Waals surface area contributed by atoms with Gasteiger partial charge in [0.25, 0.3) is 5.97 Å². The molecule has 0 amide bonds. The van der Waals surface area contributed by atoms with Crippen molar-refractivity contribution in [2.24, 2.45) is 0 Å². The minimum atomic E-state index is -3.34. The number of thiol groups is 2. The van der Waals surface area contributed by atoms with Crippen LogP contribution in [-0.2, 0) is 22.5 Å². The highest BCUT2D eigenvalue weighted by Crippen LogP contribution is 2.25. The molecule has 0 aliphatic rings. The van der Waals surface area contributed by atoms with Crippen LogP contribution in [0, 0.1) is 0 Å². The van der Waals surface area contributed by atoms with Gasteiger partial charge in [-0.05, 0) is 40.5 Å². The molecular formula is C12H26O5S2Si. The quantitative estimate of drug-likeness (QED) is 0.343. The minimum Gasteiger partial charge on any atom is -0.452 e. The first-order valence-electron chi connectivity index (χ1n) is 6.87. The first-order chi connectivity index (χ1) is 9.28. The van der Waals surface area contributed by atoms with Gasteiger partial charge in [-0.25, -0.2) is 0 Å². The Labute approximate surface area is 134 Å². The molecule has 5 nitrogen and oxygen atoms in total. The van der Waals surface area contributed by atoms with Crippen LogP contribution in [0.25, 0.3) is 0 Å². The number of hydrogen-bond donors (Lipinski definition) is 2. The Hall–Kier alpha value is 0.267. The van der Waals surface area contributed by atoms with E-state index in [2.05, 4.69) is 25.3 Å². The highest BCUT2D eigenvalue weighted by atomic mass is 32.2. The highest BCUT2D eigenvalue weighted by molar-refractivity contribution is 8.00. The Morgan fingerprint density at radius 2 is 1.50 bits per heavy atom. The molecule has 8 heteroatoms. The normalized spacial score (nSPS) is 12.5. The number of rotatable bonds is 11. The largest absolute Gasteiger partial charge is 0.751 e. The summed E-state index contributed by atoms with van der Waals surface area (Å²) in [6.45, 7) is 8.40. The highest BCUT2D eigenvalue weighted by Gasteiger charge is 2.49. The topological polar surface area (TPSA) is 54.0 Å². The van der Waals surface area contributed by atoms with Crippen LogP contribution in [0.15, 0.2) is 0 Å². The van der Waals surface area contributed by atoms with Gasteiger partial charge in [-0.2, -0.15) is 25.3 Å². The molecule has 0 spiro atoms. The molecule has 0 aromatic carbocycles. The minimum absolute atomic E-state index is 0.263. The lowest BCUT2D eigenvalue weighted by Crippen LogP contribution is -2.50. The van der Waals surface area contributed by atoms with E-state index in [-0.39, 0.29) is 12.4 Å². The molecule has 0 fully saturated rings. The van der Waals surface area contributed by atoms with Crippen LogP contribution in [0.5, 0.6) is 0 Å². The van der Waals surface area contributed by atoms with Gasteiger partial charge in [-0.15, -0.1) is 0 Å². The molecule has 120 valence electrons. The van der Waals surface area contributed by atoms with Gasteiger partial charge in [0.15, 0.2) is 0 Å². The summed E-state index contributed by atoms with van der Waals surface area (Å²) < 4.78 is 21.3. The third-order valence-electron chi connectivity index (χ3n) is 2.23. The zero-order chi connectivity index (χ0) is 15.6. The molecule has 0 saturated heterocycles. The number of carbonyl (C=O) groups is 1. The third-order valence-corrected chi connectivity index (χ3v) is 5.09. The van der Waals surface area contributed by atoms with Crippen molar-refractivity contribution in [1.29, 1.82) is 0 Å². The van der Waals surface area contributed by atoms with Crippen LogP contribution >= 0.6 is 25.3 Å². The van der Waals surface area contributed by atoms with Crippen molar-refractivity contribution in [1.82, 2.24) is 0 Å². The lowest BCUT2D eigenvalue weighted by atomic mass is 10.2. The van der Waals surface area contributed by atoms with Crippen molar-refractivity contribution >= 4 is 40.3 Å². The zero-order valence-corrected chi connectivity index (χ0v) is 15.5. The van der Waals surface area contributed by atoms with E-state index in [0.29, 0.717) is 32.7 Å². The smallest absolute Gasteiger partial charge is 0.452 e. The molecular weight excluding hydrogens is 316 g/mol. The molecule has 0 aliphatic carbocycles. The Kier molecular flexibility index (Phi) is 10.2. The molecule has 0 N–H and O–H groups in total. The molecule has 0 rings (SSSR count). The maximum absolute atomic E-state index is 11.9. The van der Waals surface area contributed by atoms with E-state index in [1.807, 2.05) is 6.92 Å². The van der Waals surface area contributed by atoms with Crippen molar-refractivity contribution < 1.29 is 22.5 Å². The van der Waals surface area contributed by atoms with Crippen molar-refractivity contribution in [3.63, 3.8) is 0 Å². The molecule has 0 aromatic rings. The van der Waals surface area contributed by atoms with Gasteiger partial charge >= 0.3 is 9.05 Å². The van der Waals surface area contributed by atoms with Crippen LogP contribution < -0.4 is 0 Å². The fourth-order valence-electron chi connectivity index (χ4n) is 1.50. The second kappa shape index (κ2) is 10.1. The lowest BCUT2D eigenvalue weighted by molar-refractivity contribution is -0.144. The van der Waals surface area contributed by atoms with Crippen LogP contribution in [0.4, 0.5) is 0 Å². The van der Waals surface area contributed by atoms with Gasteiger partial charge in [-0.3, -0.25) is 4.79 Å². The van der Waals surface area contributed by atoms with Crippen molar-refractivity contribution in [3.05, 3.63) is 0 Å². The van der Waals surface area contributed by atoms with Crippen molar-refractivity contribution in [2.45, 2.75) is 51.0 Å². The average Bonchev–Trinajstić information content (AvgIpc) is 2.27. The Balaban J connectivity index is 4.43. The van der Waals surface area contributed by atoms with Gasteiger partial charge < -0.3 is 17.7 Å². The van der Waals surface area contributed by atoms with Gasteiger partial charge in [0, 0.05) is 26.2 Å². The van der Waals surface area contributed by atoms with E-state index >= 15 is 0 Å². The fraction of sp³-hybridized carbons (Fsp3) is 0.917. The second-order valence-corrected chi connectivity index (χ2v) is 8.74. The Bertz CT molecular complexity index is 266. The summed E-state index contributed by atoms with van der Waals surface area (Å²) in [7, 11) is -3.34. The maximum atomic E-state index is 11.9. The monoisotopic (exact) mass is 342 g/mol. The summed E-state index contributed by atoms with van der Waals surface area (Å²) in [5, 5.41) is 0. The summed E-state index contributed by atoms with van der Waals surface area (Å²) in [6, 6.07) is 0. The summed E-state index contributed by atoms with van der Waals surface area (Å²) in [5.74, 6) is -0.377. The van der Waals surface area contributed by atoms with E-state index in [1.54, 1.807) is 20.8 Å². The van der Waals surface area contributed by atoms with E-state index in [1.165, 1.54) is 0 Å². The van der Waals surface area contributed by atoms with E-state index in [0.717, 1.165) is 0 Å². The van der Waals surface area contributed by atoms with E-state index in [4.69, 9.17) is 17.7 Å². The number of carbonyl (C=O) groups excluding carboxylic acids is 1. The maximum Gasteiger partial charge on any atom is 0.751 e. The van der Waals surface area contributed by atoms with Crippen LogP contribution in [0.2, 0.25) is 0 Å². The van der Waals surface area contributed by atoms with E-state index < -0.39 is 13.1 Å². The molecule has 0 heterocycles. The van der Waals surface area contributed by atoms with Crippen LogP contribution in [0.1, 0.15) is 47.0 Å². The predicted molar refractivity (Wildman–Crippen MR) is 87.0 cm³/mol. The molecule has 0 saturated carbocycles. The molecule has 0 atom stereocenters. The molecule has 0 bridgehead atoms. The van der Waals surface area contributed by atoms with Gasteiger partial charge in [-0.1, -0.05) is 0 Å². The predicted octanol–water partition coefficient (Wildman–Crippen LogP) is 2.82. The zero-order valence-electron chi connectivity index (χ0n) is 12.7. The van der Waals surface area contributed by atoms with Gasteiger partial charge in [0.1, 0.15) is 0 Å². The van der Waals surface area contributed by atoms with Gasteiger partial charge in [0.05, 0.1) is 4.08 Å². The third kappa shape index (κ3) is 9.25. The summed E-state index contributed by atoms with van der Waals surface area (Å²) in [6.07, 6.45) is 1.59. The SMILES string of the molecule is CCO[Si](OCC)(OCC)OC(=O)CCCC(C)(S)S. The van der Waals surface area contributed by atoms with Crippen molar-refractivity contribution in [2.75, 3.05) is 19.8 Å². The van der Waals surface area contributed by atoms with Crippen LogP contribution in [-0.4, -0.2) is 38.9 Å². The fourth-order valence-corrected chi connectivity index (χ4v) is 3.69. The van der Waals surface area contributed by atoms with Crippen LogP contribution in [0.3, 0.4) is 0 Å². The summed E-state index contributed by atoms with van der Waals surface area (Å²) >= 11 is 8.58. The Morgan fingerprint density at radius 3 is 1.85 bits per heavy atom. The first kappa shape index (κ1) is 20.3. The second-order valence-electron chi connectivity index (χ2n) is 4.34. The molecule has 0 aliphatic heterocycles. The molecule has 0 radical (unpaired) electrons.